The van der Waals surface area contributed by atoms with E-state index in [0.29, 0.717) is 0 Å². The lowest BCUT2D eigenvalue weighted by Gasteiger charge is -2.49. The SMILES string of the molecule is Cc1ccc(CCCCC(Br)(Br)C(Br)(Br)C(Br)(Br)C(Br)(Br)c2ccc(C)cc2)cc1. The van der Waals surface area contributed by atoms with E-state index in [1.54, 1.807) is 0 Å². The molecule has 0 atom stereocenters. The van der Waals surface area contributed by atoms with Crippen LogP contribution in [0.3, 0.4) is 0 Å². The molecule has 0 radical (unpaired) electrons. The molecular weight excluding hydrogens is 903 g/mol. The van der Waals surface area contributed by atoms with Gasteiger partial charge >= 0.3 is 0 Å². The van der Waals surface area contributed by atoms with E-state index in [4.69, 9.17) is 0 Å². The molecule has 2 aromatic carbocycles. The summed E-state index contributed by atoms with van der Waals surface area (Å²) in [6.45, 7) is 4.21. The molecule has 0 spiro atoms. The first-order chi connectivity index (χ1) is 13.7. The highest BCUT2D eigenvalue weighted by molar-refractivity contribution is 9.34. The molecule has 0 bridgehead atoms. The monoisotopic (exact) mass is 918 g/mol. The summed E-state index contributed by atoms with van der Waals surface area (Å²) in [6.07, 6.45) is 4.15. The van der Waals surface area contributed by atoms with Gasteiger partial charge in [-0.25, -0.2) is 0 Å². The lowest BCUT2D eigenvalue weighted by Crippen LogP contribution is -2.54. The Hall–Kier alpha value is 2.28. The van der Waals surface area contributed by atoms with E-state index >= 15 is 0 Å². The second kappa shape index (κ2) is 11.3. The Labute approximate surface area is 247 Å². The zero-order valence-electron chi connectivity index (χ0n) is 16.5. The number of halogens is 8. The van der Waals surface area contributed by atoms with E-state index < -0.39 is 12.9 Å². The fraction of sp³-hybridized carbons (Fsp3) is 0.455. The zero-order chi connectivity index (χ0) is 22.8. The van der Waals surface area contributed by atoms with Gasteiger partial charge in [-0.15, -0.1) is 0 Å². The molecule has 2 aromatic rings. The molecule has 0 nitrogen and oxygen atoms in total. The zero-order valence-corrected chi connectivity index (χ0v) is 29.2. The van der Waals surface area contributed by atoms with Crippen LogP contribution in [-0.2, 0) is 9.65 Å². The minimum absolute atomic E-state index is 0.440. The lowest BCUT2D eigenvalue weighted by atomic mass is 10.0. The van der Waals surface area contributed by atoms with Crippen molar-refractivity contribution < 1.29 is 0 Å². The summed E-state index contributed by atoms with van der Waals surface area (Å²) in [5.41, 5.74) is 4.99. The highest BCUT2D eigenvalue weighted by Crippen LogP contribution is 2.70. The third kappa shape index (κ3) is 6.48. The van der Waals surface area contributed by atoms with Crippen molar-refractivity contribution in [3.63, 3.8) is 0 Å². The van der Waals surface area contributed by atoms with Gasteiger partial charge in [-0.3, -0.25) is 0 Å². The topological polar surface area (TPSA) is 0 Å². The number of unbranched alkanes of at least 4 members (excludes halogenated alkanes) is 1. The molecule has 0 amide bonds. The minimum Gasteiger partial charge on any atom is -0.0701 e. The Kier molecular flexibility index (Phi) is 10.8. The average molecular weight is 926 g/mol. The second-order valence-corrected chi connectivity index (χ2v) is 21.6. The molecule has 0 aliphatic rings. The van der Waals surface area contributed by atoms with Gasteiger partial charge in [-0.2, -0.15) is 0 Å². The molecule has 0 heterocycles. The van der Waals surface area contributed by atoms with Crippen molar-refractivity contribution in [2.24, 2.45) is 0 Å². The van der Waals surface area contributed by atoms with Crippen LogP contribution in [0.5, 0.6) is 0 Å². The summed E-state index contributed by atoms with van der Waals surface area (Å²) in [4.78, 5) is 0. The van der Waals surface area contributed by atoms with Gasteiger partial charge in [0.15, 0.2) is 0 Å². The fourth-order valence-corrected chi connectivity index (χ4v) is 9.49. The van der Waals surface area contributed by atoms with Crippen LogP contribution in [0.2, 0.25) is 0 Å². The van der Waals surface area contributed by atoms with Crippen molar-refractivity contribution >= 4 is 127 Å². The summed E-state index contributed by atoms with van der Waals surface area (Å²) >= 11 is 31.4. The third-order valence-electron chi connectivity index (χ3n) is 4.99. The van der Waals surface area contributed by atoms with Crippen LogP contribution in [0.4, 0.5) is 0 Å². The van der Waals surface area contributed by atoms with Crippen LogP contribution in [0, 0.1) is 13.8 Å². The molecule has 166 valence electrons. The predicted octanol–water partition coefficient (Wildman–Crippen LogP) is 11.1. The van der Waals surface area contributed by atoms with E-state index in [1.165, 1.54) is 16.7 Å². The van der Waals surface area contributed by atoms with E-state index in [0.717, 1.165) is 31.2 Å². The Balaban J connectivity index is 2.11. The van der Waals surface area contributed by atoms with Crippen molar-refractivity contribution in [3.8, 4) is 0 Å². The third-order valence-corrected chi connectivity index (χ3v) is 20.4. The Bertz CT molecular complexity index is 823. The van der Waals surface area contributed by atoms with Crippen LogP contribution >= 0.6 is 127 Å². The highest BCUT2D eigenvalue weighted by atomic mass is 79.9. The highest BCUT2D eigenvalue weighted by Gasteiger charge is 2.65. The molecule has 8 heteroatoms. The molecular formula is C22H22Br8. The maximum Gasteiger partial charge on any atom is 0.137 e. The smallest absolute Gasteiger partial charge is 0.0701 e. The molecule has 0 aromatic heterocycles. The first kappa shape index (κ1) is 28.5. The Morgan fingerprint density at radius 2 is 1.07 bits per heavy atom. The fourth-order valence-electron chi connectivity index (χ4n) is 2.96. The molecule has 0 unspecified atom stereocenters. The summed E-state index contributed by atoms with van der Waals surface area (Å²) < 4.78 is -2.34. The van der Waals surface area contributed by atoms with Crippen LogP contribution in [0.15, 0.2) is 48.5 Å². The molecule has 0 aliphatic carbocycles. The molecule has 0 saturated carbocycles. The van der Waals surface area contributed by atoms with Crippen LogP contribution in [0.25, 0.3) is 0 Å². The number of rotatable bonds is 9. The van der Waals surface area contributed by atoms with Crippen LogP contribution < -0.4 is 0 Å². The Morgan fingerprint density at radius 1 is 0.600 bits per heavy atom. The summed E-state index contributed by atoms with van der Waals surface area (Å²) in [6, 6.07) is 17.2. The first-order valence-corrected chi connectivity index (χ1v) is 15.7. The van der Waals surface area contributed by atoms with Gasteiger partial charge in [0, 0.05) is 0 Å². The number of alkyl halides is 8. The number of aryl methyl sites for hydroxylation is 3. The van der Waals surface area contributed by atoms with Crippen molar-refractivity contribution in [1.82, 2.24) is 0 Å². The predicted molar refractivity (Wildman–Crippen MR) is 161 cm³/mol. The van der Waals surface area contributed by atoms with Crippen LogP contribution in [0.1, 0.15) is 41.5 Å². The van der Waals surface area contributed by atoms with Gasteiger partial charge < -0.3 is 0 Å². The molecule has 0 N–H and O–H groups in total. The van der Waals surface area contributed by atoms with Crippen molar-refractivity contribution in [3.05, 3.63) is 70.8 Å². The summed E-state index contributed by atoms with van der Waals surface area (Å²) in [7, 11) is 0. The number of hydrogen-bond acceptors (Lipinski definition) is 0. The quantitative estimate of drug-likeness (QED) is 0.174. The summed E-state index contributed by atoms with van der Waals surface area (Å²) in [5, 5.41) is 0. The van der Waals surface area contributed by atoms with Gasteiger partial charge in [0.05, 0.1) is 0 Å². The van der Waals surface area contributed by atoms with Gasteiger partial charge in [0.25, 0.3) is 0 Å². The second-order valence-electron chi connectivity index (χ2n) is 7.49. The van der Waals surface area contributed by atoms with Crippen molar-refractivity contribution in [1.29, 1.82) is 0 Å². The van der Waals surface area contributed by atoms with Gasteiger partial charge in [-0.05, 0) is 44.2 Å². The van der Waals surface area contributed by atoms with Crippen LogP contribution in [-0.4, -0.2) is 9.70 Å². The Morgan fingerprint density at radius 3 is 1.57 bits per heavy atom. The first-order valence-electron chi connectivity index (χ1n) is 9.36. The van der Waals surface area contributed by atoms with Crippen molar-refractivity contribution in [2.45, 2.75) is 52.5 Å². The molecule has 30 heavy (non-hydrogen) atoms. The van der Waals surface area contributed by atoms with E-state index in [9.17, 15) is 0 Å². The number of benzene rings is 2. The summed E-state index contributed by atoms with van der Waals surface area (Å²) in [5.74, 6) is 0. The maximum absolute atomic E-state index is 3.95. The average Bonchev–Trinajstić information content (AvgIpc) is 2.66. The van der Waals surface area contributed by atoms with Crippen molar-refractivity contribution in [2.75, 3.05) is 0 Å². The normalized spacial score (nSPS) is 13.5. The largest absolute Gasteiger partial charge is 0.137 e. The molecule has 0 aliphatic heterocycles. The lowest BCUT2D eigenvalue weighted by molar-refractivity contribution is 0.580. The van der Waals surface area contributed by atoms with E-state index in [1.807, 2.05) is 0 Å². The number of hydrogen-bond donors (Lipinski definition) is 0. The molecule has 0 saturated heterocycles. The van der Waals surface area contributed by atoms with Gasteiger partial charge in [0.2, 0.25) is 0 Å². The van der Waals surface area contributed by atoms with Gasteiger partial charge in [-0.1, -0.05) is 194 Å². The molecule has 2 rings (SSSR count). The van der Waals surface area contributed by atoms with E-state index in [-0.39, 0.29) is 0 Å². The van der Waals surface area contributed by atoms with E-state index in [2.05, 4.69) is 190 Å². The standard InChI is InChI=1S/C22H22Br8/c1-15-6-10-17(11-7-15)5-3-4-14-19(23,24)21(27,28)22(29,30)20(25,26)18-12-8-16(2)9-13-18/h6-13H,3-5,14H2,1-2H3. The molecule has 0 fully saturated rings. The minimum atomic E-state index is -0.667. The van der Waals surface area contributed by atoms with Gasteiger partial charge in [0.1, 0.15) is 12.9 Å². The maximum atomic E-state index is 3.95.